The highest BCUT2D eigenvalue weighted by molar-refractivity contribution is 7.08. The van der Waals surface area contributed by atoms with Crippen LogP contribution in [0, 0.1) is 6.92 Å². The van der Waals surface area contributed by atoms with Gasteiger partial charge in [-0.2, -0.15) is 11.3 Å². The van der Waals surface area contributed by atoms with E-state index in [1.807, 2.05) is 6.08 Å². The molecule has 0 unspecified atom stereocenters. The zero-order valence-electron chi connectivity index (χ0n) is 10.7. The van der Waals surface area contributed by atoms with Crippen molar-refractivity contribution in [3.8, 4) is 11.1 Å². The fourth-order valence-corrected chi connectivity index (χ4v) is 2.87. The number of hydrogen-bond acceptors (Lipinski definition) is 1. The summed E-state index contributed by atoms with van der Waals surface area (Å²) in [6, 6.07) is 8.62. The molecule has 0 spiro atoms. The molecule has 0 N–H and O–H groups in total. The summed E-state index contributed by atoms with van der Waals surface area (Å²) in [4.78, 5) is 0. The Morgan fingerprint density at radius 2 is 1.82 bits per heavy atom. The van der Waals surface area contributed by atoms with Gasteiger partial charge in [0.25, 0.3) is 0 Å². The molecule has 0 radical (unpaired) electrons. The third-order valence-corrected chi connectivity index (χ3v) is 4.14. The molecule has 0 aliphatic rings. The summed E-state index contributed by atoms with van der Waals surface area (Å²) < 4.78 is 0. The topological polar surface area (TPSA) is 0 Å². The van der Waals surface area contributed by atoms with E-state index in [9.17, 15) is 0 Å². The zero-order valence-corrected chi connectivity index (χ0v) is 11.5. The quantitative estimate of drug-likeness (QED) is 0.650. The van der Waals surface area contributed by atoms with E-state index in [1.165, 1.54) is 22.3 Å². The molecule has 17 heavy (non-hydrogen) atoms. The van der Waals surface area contributed by atoms with Gasteiger partial charge in [-0.25, -0.2) is 0 Å². The van der Waals surface area contributed by atoms with Gasteiger partial charge in [0.05, 0.1) is 0 Å². The molecule has 0 saturated carbocycles. The summed E-state index contributed by atoms with van der Waals surface area (Å²) in [5.41, 5.74) is 5.38. The molecule has 1 aromatic carbocycles. The molecular formula is C16H18S. The Morgan fingerprint density at radius 3 is 2.41 bits per heavy atom. The summed E-state index contributed by atoms with van der Waals surface area (Å²) in [7, 11) is 0. The van der Waals surface area contributed by atoms with Crippen molar-refractivity contribution in [1.29, 1.82) is 0 Å². The summed E-state index contributed by atoms with van der Waals surface area (Å²) in [5.74, 6) is 0. The molecule has 0 aliphatic carbocycles. The first-order valence-corrected chi connectivity index (χ1v) is 6.77. The molecule has 0 bridgehead atoms. The maximum absolute atomic E-state index is 3.96. The number of rotatable bonds is 3. The maximum atomic E-state index is 3.96. The van der Waals surface area contributed by atoms with Crippen molar-refractivity contribution in [1.82, 2.24) is 0 Å². The van der Waals surface area contributed by atoms with Crippen LogP contribution in [0.1, 0.15) is 25.0 Å². The predicted octanol–water partition coefficient (Wildman–Crippen LogP) is 5.19. The van der Waals surface area contributed by atoms with Crippen LogP contribution in [0.4, 0.5) is 0 Å². The van der Waals surface area contributed by atoms with E-state index in [2.05, 4.69) is 62.4 Å². The molecule has 1 heterocycles. The molecule has 2 rings (SSSR count). The van der Waals surface area contributed by atoms with Gasteiger partial charge in [0.2, 0.25) is 0 Å². The lowest BCUT2D eigenvalue weighted by atomic mass is 9.80. The average Bonchev–Trinajstić information content (AvgIpc) is 2.75. The predicted molar refractivity (Wildman–Crippen MR) is 77.7 cm³/mol. The van der Waals surface area contributed by atoms with Crippen molar-refractivity contribution in [3.05, 3.63) is 58.8 Å². The molecule has 2 aromatic rings. The number of hydrogen-bond donors (Lipinski definition) is 0. The Hall–Kier alpha value is -1.34. The lowest BCUT2D eigenvalue weighted by Crippen LogP contribution is -2.14. The lowest BCUT2D eigenvalue weighted by molar-refractivity contribution is 0.674. The van der Waals surface area contributed by atoms with Crippen LogP contribution in [-0.2, 0) is 5.41 Å². The Bertz CT molecular complexity index is 532. The largest absolute Gasteiger partial charge is 0.151 e. The minimum Gasteiger partial charge on any atom is -0.151 e. The maximum Gasteiger partial charge on any atom is 0.00788 e. The summed E-state index contributed by atoms with van der Waals surface area (Å²) in [6.07, 6.45) is 2.02. The van der Waals surface area contributed by atoms with Crippen molar-refractivity contribution < 1.29 is 0 Å². The summed E-state index contributed by atoms with van der Waals surface area (Å²) >= 11 is 1.76. The van der Waals surface area contributed by atoms with Crippen LogP contribution >= 0.6 is 11.3 Å². The highest BCUT2D eigenvalue weighted by Gasteiger charge is 2.20. The van der Waals surface area contributed by atoms with E-state index < -0.39 is 0 Å². The zero-order chi connectivity index (χ0) is 12.5. The molecule has 0 atom stereocenters. The van der Waals surface area contributed by atoms with E-state index >= 15 is 0 Å². The van der Waals surface area contributed by atoms with Gasteiger partial charge in [0, 0.05) is 5.41 Å². The van der Waals surface area contributed by atoms with E-state index in [1.54, 1.807) is 11.3 Å². The van der Waals surface area contributed by atoms with Crippen LogP contribution in [0.2, 0.25) is 0 Å². The fourth-order valence-electron chi connectivity index (χ4n) is 2.03. The SMILES string of the molecule is C=CC(C)(C)c1ccccc1-c1cscc1C. The number of benzene rings is 1. The molecule has 0 nitrogen and oxygen atoms in total. The lowest BCUT2D eigenvalue weighted by Gasteiger charge is -2.24. The minimum atomic E-state index is 0.00493. The monoisotopic (exact) mass is 242 g/mol. The van der Waals surface area contributed by atoms with E-state index in [-0.39, 0.29) is 5.41 Å². The van der Waals surface area contributed by atoms with Crippen molar-refractivity contribution >= 4 is 11.3 Å². The highest BCUT2D eigenvalue weighted by Crippen LogP contribution is 2.36. The first-order chi connectivity index (χ1) is 8.06. The Kier molecular flexibility index (Phi) is 3.21. The molecule has 0 aliphatic heterocycles. The van der Waals surface area contributed by atoms with Crippen molar-refractivity contribution in [3.63, 3.8) is 0 Å². The third kappa shape index (κ3) is 2.20. The van der Waals surface area contributed by atoms with Crippen LogP contribution in [0.5, 0.6) is 0 Å². The molecule has 1 heteroatoms. The molecular weight excluding hydrogens is 224 g/mol. The highest BCUT2D eigenvalue weighted by atomic mass is 32.1. The summed E-state index contributed by atoms with van der Waals surface area (Å²) in [5, 5.41) is 4.43. The Morgan fingerprint density at radius 1 is 1.12 bits per heavy atom. The first kappa shape index (κ1) is 12.1. The second-order valence-electron chi connectivity index (χ2n) is 4.94. The first-order valence-electron chi connectivity index (χ1n) is 5.82. The van der Waals surface area contributed by atoms with Gasteiger partial charge in [-0.3, -0.25) is 0 Å². The number of allylic oxidation sites excluding steroid dienone is 1. The standard InChI is InChI=1S/C16H18S/c1-5-16(3,4)15-9-7-6-8-13(15)14-11-17-10-12(14)2/h5-11H,1H2,2-4H3. The van der Waals surface area contributed by atoms with Crippen molar-refractivity contribution in [2.45, 2.75) is 26.2 Å². The van der Waals surface area contributed by atoms with Crippen LogP contribution in [0.15, 0.2) is 47.7 Å². The molecule has 0 amide bonds. The van der Waals surface area contributed by atoms with Gasteiger partial charge in [-0.1, -0.05) is 44.2 Å². The smallest absolute Gasteiger partial charge is 0.00788 e. The van der Waals surface area contributed by atoms with Crippen molar-refractivity contribution in [2.24, 2.45) is 0 Å². The van der Waals surface area contributed by atoms with Gasteiger partial charge >= 0.3 is 0 Å². The van der Waals surface area contributed by atoms with Crippen LogP contribution < -0.4 is 0 Å². The van der Waals surface area contributed by atoms with Crippen molar-refractivity contribution in [2.75, 3.05) is 0 Å². The molecule has 88 valence electrons. The second-order valence-corrected chi connectivity index (χ2v) is 5.68. The van der Waals surface area contributed by atoms with E-state index in [0.29, 0.717) is 0 Å². The second kappa shape index (κ2) is 4.50. The molecule has 0 saturated heterocycles. The number of aryl methyl sites for hydroxylation is 1. The van der Waals surface area contributed by atoms with Crippen LogP contribution in [0.25, 0.3) is 11.1 Å². The summed E-state index contributed by atoms with van der Waals surface area (Å²) in [6.45, 7) is 10.5. The van der Waals surface area contributed by atoms with E-state index in [0.717, 1.165) is 0 Å². The molecule has 1 aromatic heterocycles. The number of thiophene rings is 1. The fraction of sp³-hybridized carbons (Fsp3) is 0.250. The normalized spacial score (nSPS) is 11.5. The van der Waals surface area contributed by atoms with Gasteiger partial charge in [-0.15, -0.1) is 6.58 Å². The third-order valence-electron chi connectivity index (χ3n) is 3.28. The Balaban J connectivity index is 2.64. The van der Waals surface area contributed by atoms with Gasteiger partial charge in [0.15, 0.2) is 0 Å². The van der Waals surface area contributed by atoms with Gasteiger partial charge < -0.3 is 0 Å². The van der Waals surface area contributed by atoms with Crippen LogP contribution in [-0.4, -0.2) is 0 Å². The van der Waals surface area contributed by atoms with Gasteiger partial charge in [-0.05, 0) is 39.9 Å². The molecule has 0 fully saturated rings. The average molecular weight is 242 g/mol. The minimum absolute atomic E-state index is 0.00493. The van der Waals surface area contributed by atoms with E-state index in [4.69, 9.17) is 0 Å². The van der Waals surface area contributed by atoms with Crippen LogP contribution in [0.3, 0.4) is 0 Å². The Labute approximate surface area is 108 Å². The van der Waals surface area contributed by atoms with Gasteiger partial charge in [0.1, 0.15) is 0 Å².